The second kappa shape index (κ2) is 4.92. The number of aliphatic hydroxyl groups is 1. The molecule has 0 radical (unpaired) electrons. The Morgan fingerprint density at radius 1 is 1.29 bits per heavy atom. The van der Waals surface area contributed by atoms with Gasteiger partial charge < -0.3 is 10.4 Å². The van der Waals surface area contributed by atoms with Crippen molar-refractivity contribution in [3.63, 3.8) is 0 Å². The van der Waals surface area contributed by atoms with Crippen LogP contribution in [-0.4, -0.2) is 27.5 Å². The van der Waals surface area contributed by atoms with Gasteiger partial charge in [-0.2, -0.15) is 0 Å². The Hall–Kier alpha value is -1.68. The van der Waals surface area contributed by atoms with Crippen molar-refractivity contribution in [3.05, 3.63) is 29.1 Å². The lowest BCUT2D eigenvalue weighted by Gasteiger charge is -2.59. The third-order valence-corrected chi connectivity index (χ3v) is 6.79. The molecule has 1 heterocycles. The molecule has 0 saturated heterocycles. The first kappa shape index (κ1) is 14.6. The summed E-state index contributed by atoms with van der Waals surface area (Å²) in [5.74, 6) is 1.65. The Kier molecular flexibility index (Phi) is 3.00. The van der Waals surface area contributed by atoms with Gasteiger partial charge in [-0.3, -0.25) is 9.78 Å². The number of hydrogen-bond acceptors (Lipinski definition) is 4. The van der Waals surface area contributed by atoms with Crippen LogP contribution in [0.25, 0.3) is 6.08 Å². The fourth-order valence-electron chi connectivity index (χ4n) is 6.01. The molecule has 4 fully saturated rings. The van der Waals surface area contributed by atoms with E-state index in [1.807, 2.05) is 0 Å². The van der Waals surface area contributed by atoms with Crippen LogP contribution in [0.3, 0.4) is 0 Å². The molecular weight excluding hydrogens is 300 g/mol. The zero-order valence-electron chi connectivity index (χ0n) is 14.1. The molecular formula is C20H24N2O2. The molecule has 0 aromatic carbocycles. The van der Waals surface area contributed by atoms with E-state index < -0.39 is 0 Å². The summed E-state index contributed by atoms with van der Waals surface area (Å²) in [6.07, 6.45) is 12.3. The molecule has 4 saturated carbocycles. The van der Waals surface area contributed by atoms with E-state index in [1.165, 1.54) is 19.3 Å². The second-order valence-corrected chi connectivity index (χ2v) is 8.44. The highest BCUT2D eigenvalue weighted by Crippen LogP contribution is 2.57. The van der Waals surface area contributed by atoms with Crippen LogP contribution >= 0.6 is 0 Å². The first-order valence-electron chi connectivity index (χ1n) is 9.20. The number of allylic oxidation sites excluding steroid dienone is 1. The molecule has 2 N–H and O–H groups in total. The van der Waals surface area contributed by atoms with E-state index in [0.717, 1.165) is 42.1 Å². The fraction of sp³-hybridized carbons (Fsp3) is 0.600. The van der Waals surface area contributed by atoms with Gasteiger partial charge in [0.25, 0.3) is 0 Å². The van der Waals surface area contributed by atoms with Crippen LogP contribution in [0.2, 0.25) is 0 Å². The van der Waals surface area contributed by atoms with Crippen molar-refractivity contribution in [1.82, 2.24) is 4.98 Å². The van der Waals surface area contributed by atoms with Gasteiger partial charge in [0, 0.05) is 23.7 Å². The Labute approximate surface area is 142 Å². The van der Waals surface area contributed by atoms with E-state index in [-0.39, 0.29) is 17.4 Å². The quantitative estimate of drug-likeness (QED) is 0.838. The van der Waals surface area contributed by atoms with E-state index >= 15 is 0 Å². The smallest absolute Gasteiger partial charge is 0.163 e. The van der Waals surface area contributed by atoms with Gasteiger partial charge in [-0.25, -0.2) is 0 Å². The number of hydrogen-bond donors (Lipinski definition) is 2. The number of nitrogens with zero attached hydrogens (tertiary/aromatic N) is 1. The summed E-state index contributed by atoms with van der Waals surface area (Å²) in [5.41, 5.74) is 3.89. The summed E-state index contributed by atoms with van der Waals surface area (Å²) in [6.45, 7) is 1.62. The minimum Gasteiger partial charge on any atom is -0.393 e. The second-order valence-electron chi connectivity index (χ2n) is 8.44. The topological polar surface area (TPSA) is 62.2 Å². The zero-order chi connectivity index (χ0) is 16.5. The van der Waals surface area contributed by atoms with Crippen LogP contribution in [0.5, 0.6) is 0 Å². The molecule has 0 aliphatic heterocycles. The number of nitrogens with one attached hydrogen (secondary N) is 1. The molecule has 0 spiro atoms. The van der Waals surface area contributed by atoms with Gasteiger partial charge in [0.2, 0.25) is 0 Å². The zero-order valence-corrected chi connectivity index (χ0v) is 14.1. The predicted molar refractivity (Wildman–Crippen MR) is 92.9 cm³/mol. The number of fused-ring (bicyclic) bond motifs is 1. The van der Waals surface area contributed by atoms with Crippen molar-refractivity contribution in [3.8, 4) is 0 Å². The summed E-state index contributed by atoms with van der Waals surface area (Å²) in [4.78, 5) is 16.6. The maximum Gasteiger partial charge on any atom is 0.163 e. The van der Waals surface area contributed by atoms with Gasteiger partial charge in [0.15, 0.2) is 5.78 Å². The molecule has 6 rings (SSSR count). The highest BCUT2D eigenvalue weighted by atomic mass is 16.3. The first-order chi connectivity index (χ1) is 11.5. The normalized spacial score (nSPS) is 38.4. The van der Waals surface area contributed by atoms with Gasteiger partial charge >= 0.3 is 0 Å². The Balaban J connectivity index is 1.56. The molecule has 1 aromatic rings. The average Bonchev–Trinajstić information content (AvgIpc) is 3.00. The number of aliphatic hydroxyl groups excluding tert-OH is 1. The standard InChI is InChI=1S/C20H24N2O2/c1-11(23)16-10-21-17-4-2-3-15(17)18(16)22-20-7-12-5-13(8-20)19(24)14(6-12)9-20/h2-3,10,12-14,19,24H,4-9H2,1H3,(H,21,22)/t12?,13-,14+,19?,20?. The van der Waals surface area contributed by atoms with Crippen LogP contribution in [0.4, 0.5) is 5.69 Å². The summed E-state index contributed by atoms with van der Waals surface area (Å²) in [5, 5.41) is 14.3. The van der Waals surface area contributed by atoms with Gasteiger partial charge in [-0.1, -0.05) is 12.2 Å². The highest BCUT2D eigenvalue weighted by molar-refractivity contribution is 6.01. The summed E-state index contributed by atoms with van der Waals surface area (Å²) in [7, 11) is 0. The van der Waals surface area contributed by atoms with Crippen molar-refractivity contribution in [2.75, 3.05) is 5.32 Å². The molecule has 24 heavy (non-hydrogen) atoms. The lowest BCUT2D eigenvalue weighted by molar-refractivity contribution is -0.0960. The first-order valence-corrected chi connectivity index (χ1v) is 9.20. The van der Waals surface area contributed by atoms with Crippen LogP contribution in [0, 0.1) is 17.8 Å². The third-order valence-electron chi connectivity index (χ3n) is 6.79. The van der Waals surface area contributed by atoms with Crippen molar-refractivity contribution < 1.29 is 9.90 Å². The molecule has 5 atom stereocenters. The molecule has 126 valence electrons. The monoisotopic (exact) mass is 324 g/mol. The molecule has 4 nitrogen and oxygen atoms in total. The number of ketones is 1. The van der Waals surface area contributed by atoms with Gasteiger partial charge in [0.05, 0.1) is 23.0 Å². The Bertz CT molecular complexity index is 738. The number of carbonyl (C=O) groups is 1. The van der Waals surface area contributed by atoms with Crippen molar-refractivity contribution in [2.45, 2.75) is 57.1 Å². The van der Waals surface area contributed by atoms with Crippen LogP contribution in [0.1, 0.15) is 60.6 Å². The largest absolute Gasteiger partial charge is 0.393 e. The van der Waals surface area contributed by atoms with Crippen molar-refractivity contribution in [2.24, 2.45) is 17.8 Å². The molecule has 4 heteroatoms. The van der Waals surface area contributed by atoms with E-state index in [9.17, 15) is 9.90 Å². The van der Waals surface area contributed by atoms with E-state index in [2.05, 4.69) is 22.5 Å². The molecule has 3 unspecified atom stereocenters. The van der Waals surface area contributed by atoms with Crippen LogP contribution in [-0.2, 0) is 6.42 Å². The Morgan fingerprint density at radius 3 is 2.75 bits per heavy atom. The SMILES string of the molecule is CC(=O)c1cnc2c(c1NC13CC4C[C@H](C1)C(O)[C@@H](C4)C3)C=CC2. The minimum atomic E-state index is -0.119. The maximum absolute atomic E-state index is 12.2. The number of carbonyl (C=O) groups excluding carboxylic acids is 1. The van der Waals surface area contributed by atoms with Crippen LogP contribution < -0.4 is 5.32 Å². The third kappa shape index (κ3) is 2.02. The van der Waals surface area contributed by atoms with E-state index in [0.29, 0.717) is 17.4 Å². The number of Topliss-reactive ketones (excluding diaryl/α,β-unsaturated/α-hetero) is 1. The maximum atomic E-state index is 12.2. The molecule has 5 aliphatic carbocycles. The Morgan fingerprint density at radius 2 is 2.04 bits per heavy atom. The molecule has 5 aliphatic rings. The van der Waals surface area contributed by atoms with Crippen molar-refractivity contribution >= 4 is 17.5 Å². The fourth-order valence-corrected chi connectivity index (χ4v) is 6.01. The summed E-state index contributed by atoms with van der Waals surface area (Å²) in [6, 6.07) is 0. The number of pyridine rings is 1. The van der Waals surface area contributed by atoms with Crippen LogP contribution in [0.15, 0.2) is 12.3 Å². The summed E-state index contributed by atoms with van der Waals surface area (Å²) < 4.78 is 0. The molecule has 4 bridgehead atoms. The lowest BCUT2D eigenvalue weighted by Crippen LogP contribution is -2.60. The number of rotatable bonds is 3. The number of anilines is 1. The molecule has 1 aromatic heterocycles. The predicted octanol–water partition coefficient (Wildman–Crippen LogP) is 3.21. The average molecular weight is 324 g/mol. The number of aromatic nitrogens is 1. The van der Waals surface area contributed by atoms with Gasteiger partial charge in [-0.05, 0) is 56.8 Å². The van der Waals surface area contributed by atoms with E-state index in [1.54, 1.807) is 13.1 Å². The van der Waals surface area contributed by atoms with Gasteiger partial charge in [-0.15, -0.1) is 0 Å². The molecule has 0 amide bonds. The minimum absolute atomic E-state index is 0.0471. The highest BCUT2D eigenvalue weighted by Gasteiger charge is 2.55. The van der Waals surface area contributed by atoms with Gasteiger partial charge in [0.1, 0.15) is 0 Å². The van der Waals surface area contributed by atoms with E-state index in [4.69, 9.17) is 0 Å². The summed E-state index contributed by atoms with van der Waals surface area (Å²) >= 11 is 0. The van der Waals surface area contributed by atoms with Crippen molar-refractivity contribution in [1.29, 1.82) is 0 Å². The lowest BCUT2D eigenvalue weighted by atomic mass is 9.51.